The van der Waals surface area contributed by atoms with Gasteiger partial charge in [-0.1, -0.05) is 42.5 Å². The van der Waals surface area contributed by atoms with Crippen molar-refractivity contribution in [3.63, 3.8) is 0 Å². The Labute approximate surface area is 556 Å². The molecule has 87 heavy (non-hydrogen) atoms. The Kier molecular flexibility index (Phi) is 36.5. The number of nitrogens with zero attached hydrogens (tertiary/aromatic N) is 10. The second-order valence-electron chi connectivity index (χ2n) is 20.4. The number of aromatic carboxylic acids is 1. The van der Waals surface area contributed by atoms with E-state index in [2.05, 4.69) is 141 Å². The number of carboxylic acid groups (broad SMARTS) is 1. The molecule has 5 aromatic carbocycles. The van der Waals surface area contributed by atoms with E-state index >= 15 is 0 Å². The predicted octanol–water partition coefficient (Wildman–Crippen LogP) is 12.3. The zero-order valence-corrected chi connectivity index (χ0v) is 58.9. The minimum absolute atomic E-state index is 0. The van der Waals surface area contributed by atoms with Gasteiger partial charge in [0.05, 0.1) is 41.5 Å². The molecule has 0 aliphatic carbocycles. The van der Waals surface area contributed by atoms with E-state index in [0.29, 0.717) is 12.8 Å². The van der Waals surface area contributed by atoms with Crippen molar-refractivity contribution in [2.45, 2.75) is 106 Å². The summed E-state index contributed by atoms with van der Waals surface area (Å²) >= 11 is 0. The molecule has 5 N–H and O–H groups in total. The Balaban J connectivity index is 0.000000557. The molecule has 0 amide bonds. The van der Waals surface area contributed by atoms with Crippen LogP contribution in [0.5, 0.6) is 0 Å². The summed E-state index contributed by atoms with van der Waals surface area (Å²) in [5, 5.41) is 42.6. The number of hydrogen-bond acceptors (Lipinski definition) is 15. The molecule has 4 unspecified atom stereocenters. The van der Waals surface area contributed by atoms with Crippen LogP contribution in [0.4, 0.5) is 28.4 Å². The van der Waals surface area contributed by atoms with Gasteiger partial charge in [0.2, 0.25) is 0 Å². The van der Waals surface area contributed by atoms with E-state index in [-0.39, 0.29) is 91.4 Å². The molecule has 0 aliphatic heterocycles. The maximum atomic E-state index is 10.1. The van der Waals surface area contributed by atoms with Crippen molar-refractivity contribution < 1.29 is 91.6 Å². The molecule has 4 atom stereocenters. The first kappa shape index (κ1) is 78.2. The van der Waals surface area contributed by atoms with E-state index in [1.165, 1.54) is 12.3 Å². The summed E-state index contributed by atoms with van der Waals surface area (Å²) in [6.07, 6.45) is 6.27. The molecule has 9 aromatic rings. The van der Waals surface area contributed by atoms with Crippen LogP contribution in [-0.2, 0) is 61.3 Å². The Morgan fingerprint density at radius 2 is 0.759 bits per heavy atom. The molecular weight excluding hydrogens is 1630 g/mol. The number of aromatic nitrogens is 7. The summed E-state index contributed by atoms with van der Waals surface area (Å²) in [5.41, 5.74) is 16.8. The molecule has 2 radical (unpaired) electrons. The second-order valence-corrected chi connectivity index (χ2v) is 20.4. The standard InChI is InChI=1S/C24H20N3.2C14H16N3.C6H5NO2.2C5H12O2.2Ir.Pt/c1-18-17-25-24(19(2)26-18)20-10-9-15-23(16-20)27(21-11-5-3-6-12-21)22-13-7-4-8-14-22;2*1-10-9-15-14(11(2)16-10)12-6-5-7-13(8-12)17(3)4;8-6(9)5-3-1-2-4-7-5;2*1-4(6)3-5(2)7;;;/h3-9,11-17H,1-2H3;2*5,7-9H,1-4H3;1-4H,(H,8,9);2*4-7H,3H2,1-2H3;;;/q3*-1;;;;;;. The summed E-state index contributed by atoms with van der Waals surface area (Å²) in [6.45, 7) is 18.4. The van der Waals surface area contributed by atoms with Crippen molar-refractivity contribution in [1.82, 2.24) is 34.9 Å². The van der Waals surface area contributed by atoms with Gasteiger partial charge in [-0.05, 0) is 136 Å². The number of para-hydroxylation sites is 2. The van der Waals surface area contributed by atoms with E-state index in [1.807, 2.05) is 112 Å². The van der Waals surface area contributed by atoms with E-state index in [1.54, 1.807) is 58.4 Å². The Hall–Kier alpha value is -6.81. The number of hydrogen-bond donors (Lipinski definition) is 5. The van der Waals surface area contributed by atoms with Crippen molar-refractivity contribution in [1.29, 1.82) is 0 Å². The molecule has 4 aromatic heterocycles. The van der Waals surface area contributed by atoms with Crippen molar-refractivity contribution >= 4 is 34.4 Å². The van der Waals surface area contributed by atoms with E-state index in [0.717, 1.165) is 96.4 Å². The van der Waals surface area contributed by atoms with Crippen LogP contribution in [0.1, 0.15) is 85.2 Å². The number of aliphatic hydroxyl groups excluding tert-OH is 4. The SMILES string of the molecule is CC(O)CC(C)O.CC(O)CC(C)O.Cc1cnc(-c2[c-]ccc(N(C)C)c2)c(C)n1.Cc1cnc(-c2[c-]ccc(N(C)C)c2)c(C)n1.Cc1cnc(-c2[c-]ccc(N(c3ccccc3)c3ccccc3)c2)c(C)n1.O=C(O)c1ccccn1.[Ir].[Ir].[Pt]. The summed E-state index contributed by atoms with van der Waals surface area (Å²) in [5.74, 6) is -0.990. The number of aryl methyl sites for hydroxylation is 6. The maximum Gasteiger partial charge on any atom is 0.354 e. The molecule has 19 heteroatoms. The van der Waals surface area contributed by atoms with Crippen LogP contribution in [0, 0.1) is 59.7 Å². The topological polar surface area (TPSA) is 218 Å². The van der Waals surface area contributed by atoms with E-state index < -0.39 is 5.97 Å². The minimum atomic E-state index is -0.990. The molecule has 9 rings (SSSR count). The quantitative estimate of drug-likeness (QED) is 0.0678. The molecule has 4 heterocycles. The van der Waals surface area contributed by atoms with Gasteiger partial charge in [0.1, 0.15) is 5.69 Å². The van der Waals surface area contributed by atoms with Crippen molar-refractivity contribution in [2.24, 2.45) is 0 Å². The molecule has 0 saturated heterocycles. The number of benzene rings is 5. The van der Waals surface area contributed by atoms with Crippen LogP contribution < -0.4 is 14.7 Å². The molecule has 0 saturated carbocycles. The predicted molar refractivity (Wildman–Crippen MR) is 338 cm³/mol. The molecule has 0 fully saturated rings. The molecule has 16 nitrogen and oxygen atoms in total. The number of carbonyl (C=O) groups is 1. The maximum absolute atomic E-state index is 10.1. The van der Waals surface area contributed by atoms with Crippen molar-refractivity contribution in [2.75, 3.05) is 42.9 Å². The number of aliphatic hydroxyl groups is 4. The summed E-state index contributed by atoms with van der Waals surface area (Å²) in [6, 6.07) is 53.4. The average Bonchev–Trinajstić information content (AvgIpc) is 3.09. The first-order valence-electron chi connectivity index (χ1n) is 27.5. The van der Waals surface area contributed by atoms with E-state index in [4.69, 9.17) is 25.5 Å². The molecule has 0 bridgehead atoms. The van der Waals surface area contributed by atoms with Crippen molar-refractivity contribution in [3.05, 3.63) is 216 Å². The monoisotopic (exact) mass is 1710 g/mol. The number of carboxylic acids is 1. The fourth-order valence-corrected chi connectivity index (χ4v) is 8.13. The van der Waals surface area contributed by atoms with Gasteiger partial charge in [-0.2, -0.15) is 0 Å². The zero-order chi connectivity index (χ0) is 61.9. The van der Waals surface area contributed by atoms with Gasteiger partial charge >= 0.3 is 5.97 Å². The zero-order valence-electron chi connectivity index (χ0n) is 51.8. The Morgan fingerprint density at radius 1 is 0.448 bits per heavy atom. The van der Waals surface area contributed by atoms with Gasteiger partial charge in [0.15, 0.2) is 0 Å². The van der Waals surface area contributed by atoms with Crippen LogP contribution in [0.15, 0.2) is 158 Å². The van der Waals surface area contributed by atoms with Gasteiger partial charge in [-0.25, -0.2) is 9.78 Å². The molecular formula is C68H81Ir2N10O6Pt-3. The Morgan fingerprint density at radius 3 is 1.01 bits per heavy atom. The number of anilines is 5. The molecule has 470 valence electrons. The smallest absolute Gasteiger partial charge is 0.354 e. The fraction of sp³-hybridized carbons (Fsp3) is 0.294. The van der Waals surface area contributed by atoms with Gasteiger partial charge in [0.25, 0.3) is 0 Å². The summed E-state index contributed by atoms with van der Waals surface area (Å²) < 4.78 is 0. The third-order valence-corrected chi connectivity index (χ3v) is 11.9. The molecule has 0 aliphatic rings. The van der Waals surface area contributed by atoms with Crippen LogP contribution in [-0.4, -0.2) is 119 Å². The van der Waals surface area contributed by atoms with Crippen molar-refractivity contribution in [3.8, 4) is 33.8 Å². The van der Waals surface area contributed by atoms with Crippen LogP contribution in [0.25, 0.3) is 33.8 Å². The summed E-state index contributed by atoms with van der Waals surface area (Å²) in [4.78, 5) is 46.9. The first-order valence-corrected chi connectivity index (χ1v) is 27.5. The number of pyridine rings is 1. The number of rotatable bonds is 13. The van der Waals surface area contributed by atoms with Crippen LogP contribution >= 0.6 is 0 Å². The van der Waals surface area contributed by atoms with Crippen LogP contribution in [0.3, 0.4) is 0 Å². The third-order valence-electron chi connectivity index (χ3n) is 11.9. The van der Waals surface area contributed by atoms with Gasteiger partial charge < -0.3 is 55.2 Å². The fourth-order valence-electron chi connectivity index (χ4n) is 8.13. The minimum Gasteiger partial charge on any atom is -0.477 e. The Bertz CT molecular complexity index is 3240. The first-order chi connectivity index (χ1) is 39.9. The van der Waals surface area contributed by atoms with Gasteiger partial charge in [0, 0.05) is 160 Å². The van der Waals surface area contributed by atoms with Gasteiger partial charge in [-0.3, -0.25) is 15.0 Å². The van der Waals surface area contributed by atoms with E-state index in [9.17, 15) is 4.79 Å². The third kappa shape index (κ3) is 27.8. The van der Waals surface area contributed by atoms with Crippen LogP contribution in [0.2, 0.25) is 0 Å². The molecule has 0 spiro atoms. The summed E-state index contributed by atoms with van der Waals surface area (Å²) in [7, 11) is 8.08. The second kappa shape index (κ2) is 40.6. The normalized spacial score (nSPS) is 11.3. The van der Waals surface area contributed by atoms with Gasteiger partial charge in [-0.15, -0.1) is 89.5 Å². The average molecular weight is 1710 g/mol. The largest absolute Gasteiger partial charge is 0.477 e.